The zero-order chi connectivity index (χ0) is 13.8. The minimum absolute atomic E-state index is 0.208. The topological polar surface area (TPSA) is 24.9 Å². The lowest BCUT2D eigenvalue weighted by Gasteiger charge is -2.20. The summed E-state index contributed by atoms with van der Waals surface area (Å²) in [4.78, 5) is 4.57. The van der Waals surface area contributed by atoms with Gasteiger partial charge in [-0.1, -0.05) is 37.3 Å². The van der Waals surface area contributed by atoms with Crippen molar-refractivity contribution in [2.24, 2.45) is 0 Å². The summed E-state index contributed by atoms with van der Waals surface area (Å²) in [5.74, 6) is 0. The third-order valence-electron chi connectivity index (χ3n) is 3.56. The number of benzene rings is 1. The summed E-state index contributed by atoms with van der Waals surface area (Å²) < 4.78 is 0. The predicted octanol–water partition coefficient (Wildman–Crippen LogP) is 3.57. The van der Waals surface area contributed by atoms with Crippen molar-refractivity contribution >= 4 is 0 Å². The summed E-state index contributed by atoms with van der Waals surface area (Å²) in [7, 11) is 2.00. The molecule has 0 fully saturated rings. The summed E-state index contributed by atoms with van der Waals surface area (Å²) in [5, 5.41) is 3.41. The maximum atomic E-state index is 4.57. The van der Waals surface area contributed by atoms with Crippen LogP contribution in [0.3, 0.4) is 0 Å². The molecule has 1 unspecified atom stereocenters. The van der Waals surface area contributed by atoms with Gasteiger partial charge in [-0.15, -0.1) is 0 Å². The van der Waals surface area contributed by atoms with Crippen LogP contribution in [0, 0.1) is 13.8 Å². The summed E-state index contributed by atoms with van der Waals surface area (Å²) in [5.41, 5.74) is 6.09. The molecular weight excluding hydrogens is 232 g/mol. The van der Waals surface area contributed by atoms with Crippen molar-refractivity contribution in [2.75, 3.05) is 7.05 Å². The van der Waals surface area contributed by atoms with Gasteiger partial charge in [-0.25, -0.2) is 0 Å². The van der Waals surface area contributed by atoms with Crippen LogP contribution in [-0.2, 0) is 6.42 Å². The first-order valence-corrected chi connectivity index (χ1v) is 6.86. The fourth-order valence-electron chi connectivity index (χ4n) is 2.50. The van der Waals surface area contributed by atoms with Crippen molar-refractivity contribution in [3.63, 3.8) is 0 Å². The van der Waals surface area contributed by atoms with Gasteiger partial charge < -0.3 is 5.32 Å². The fourth-order valence-corrected chi connectivity index (χ4v) is 2.50. The number of nitrogens with zero attached hydrogens (tertiary/aromatic N) is 1. The highest BCUT2D eigenvalue weighted by Crippen LogP contribution is 2.24. The first-order valence-electron chi connectivity index (χ1n) is 6.86. The Morgan fingerprint density at radius 2 is 1.95 bits per heavy atom. The van der Waals surface area contributed by atoms with Crippen LogP contribution >= 0.6 is 0 Å². The number of aromatic nitrogens is 1. The molecule has 0 aliphatic heterocycles. The van der Waals surface area contributed by atoms with Gasteiger partial charge in [0, 0.05) is 11.4 Å². The smallest absolute Gasteiger partial charge is 0.0592 e. The molecule has 2 rings (SSSR count). The Morgan fingerprint density at radius 1 is 1.16 bits per heavy atom. The Labute approximate surface area is 115 Å². The van der Waals surface area contributed by atoms with Gasteiger partial charge in [0.25, 0.3) is 0 Å². The van der Waals surface area contributed by atoms with E-state index in [0.717, 1.165) is 17.8 Å². The van der Waals surface area contributed by atoms with Crippen molar-refractivity contribution in [3.8, 4) is 0 Å². The van der Waals surface area contributed by atoms with E-state index in [1.807, 2.05) is 14.0 Å². The molecule has 1 N–H and O–H groups in total. The third-order valence-corrected chi connectivity index (χ3v) is 3.56. The number of aryl methyl sites for hydroxylation is 3. The van der Waals surface area contributed by atoms with Crippen LogP contribution in [0.25, 0.3) is 0 Å². The van der Waals surface area contributed by atoms with E-state index >= 15 is 0 Å². The Hall–Kier alpha value is -1.67. The molecular formula is C17H22N2. The molecule has 0 radical (unpaired) electrons. The Bertz CT molecular complexity index is 561. The molecule has 0 aliphatic rings. The Kier molecular flexibility index (Phi) is 4.33. The molecule has 1 aromatic carbocycles. The molecule has 2 nitrogen and oxygen atoms in total. The zero-order valence-electron chi connectivity index (χ0n) is 12.2. The van der Waals surface area contributed by atoms with Crippen molar-refractivity contribution < 1.29 is 0 Å². The van der Waals surface area contributed by atoms with Gasteiger partial charge in [-0.2, -0.15) is 0 Å². The van der Waals surface area contributed by atoms with E-state index in [9.17, 15) is 0 Å². The van der Waals surface area contributed by atoms with Gasteiger partial charge in [-0.3, -0.25) is 4.98 Å². The summed E-state index contributed by atoms with van der Waals surface area (Å²) in [6.45, 7) is 6.30. The third kappa shape index (κ3) is 3.02. The maximum Gasteiger partial charge on any atom is 0.0592 e. The number of hydrogen-bond donors (Lipinski definition) is 1. The van der Waals surface area contributed by atoms with E-state index in [-0.39, 0.29) is 6.04 Å². The lowest BCUT2D eigenvalue weighted by molar-refractivity contribution is 0.681. The molecule has 2 aromatic rings. The predicted molar refractivity (Wildman–Crippen MR) is 80.4 cm³/mol. The number of pyridine rings is 1. The monoisotopic (exact) mass is 254 g/mol. The highest BCUT2D eigenvalue weighted by Gasteiger charge is 2.15. The number of rotatable bonds is 4. The average Bonchev–Trinajstić information content (AvgIpc) is 2.42. The van der Waals surface area contributed by atoms with Crippen molar-refractivity contribution in [1.82, 2.24) is 10.3 Å². The first kappa shape index (κ1) is 13.8. The van der Waals surface area contributed by atoms with E-state index in [2.05, 4.69) is 60.5 Å². The molecule has 19 heavy (non-hydrogen) atoms. The number of hydrogen-bond acceptors (Lipinski definition) is 2. The van der Waals surface area contributed by atoms with E-state index in [1.54, 1.807) is 0 Å². The molecule has 0 saturated heterocycles. The molecule has 0 aliphatic carbocycles. The largest absolute Gasteiger partial charge is 0.309 e. The maximum absolute atomic E-state index is 4.57. The summed E-state index contributed by atoms with van der Waals surface area (Å²) in [6.07, 6.45) is 1.06. The molecule has 2 heteroatoms. The van der Waals surface area contributed by atoms with Crippen LogP contribution < -0.4 is 5.32 Å². The van der Waals surface area contributed by atoms with Crippen LogP contribution in [-0.4, -0.2) is 12.0 Å². The number of nitrogens with one attached hydrogen (secondary N) is 1. The SMILES string of the molecule is CCc1cccc(C(NC)c2ccc(C)nc2C)c1. The zero-order valence-corrected chi connectivity index (χ0v) is 12.2. The average molecular weight is 254 g/mol. The van der Waals surface area contributed by atoms with Crippen molar-refractivity contribution in [2.45, 2.75) is 33.2 Å². The van der Waals surface area contributed by atoms with Gasteiger partial charge in [0.15, 0.2) is 0 Å². The van der Waals surface area contributed by atoms with E-state index in [1.165, 1.54) is 16.7 Å². The van der Waals surface area contributed by atoms with E-state index in [4.69, 9.17) is 0 Å². The van der Waals surface area contributed by atoms with Crippen molar-refractivity contribution in [3.05, 3.63) is 64.5 Å². The molecule has 1 atom stereocenters. The van der Waals surface area contributed by atoms with Gasteiger partial charge in [0.05, 0.1) is 6.04 Å². The van der Waals surface area contributed by atoms with Gasteiger partial charge in [-0.05, 0) is 50.1 Å². The molecule has 0 spiro atoms. The fraction of sp³-hybridized carbons (Fsp3) is 0.353. The molecule has 1 heterocycles. The first-order chi connectivity index (χ1) is 9.15. The van der Waals surface area contributed by atoms with Crippen LogP contribution in [0.4, 0.5) is 0 Å². The van der Waals surface area contributed by atoms with Crippen LogP contribution in [0.5, 0.6) is 0 Å². The molecule has 100 valence electrons. The minimum Gasteiger partial charge on any atom is -0.309 e. The quantitative estimate of drug-likeness (QED) is 0.902. The van der Waals surface area contributed by atoms with Gasteiger partial charge in [0.1, 0.15) is 0 Å². The lowest BCUT2D eigenvalue weighted by atomic mass is 9.95. The highest BCUT2D eigenvalue weighted by atomic mass is 14.9. The van der Waals surface area contributed by atoms with Crippen LogP contribution in [0.2, 0.25) is 0 Å². The van der Waals surface area contributed by atoms with Crippen LogP contribution in [0.1, 0.15) is 41.0 Å². The standard InChI is InChI=1S/C17H22N2/c1-5-14-7-6-8-15(11-14)17(18-4)16-10-9-12(2)19-13(16)3/h6-11,17-18H,5H2,1-4H3. The summed E-state index contributed by atoms with van der Waals surface area (Å²) >= 11 is 0. The summed E-state index contributed by atoms with van der Waals surface area (Å²) in [6, 6.07) is 13.2. The highest BCUT2D eigenvalue weighted by molar-refractivity contribution is 5.36. The van der Waals surface area contributed by atoms with Crippen LogP contribution in [0.15, 0.2) is 36.4 Å². The molecule has 0 saturated carbocycles. The minimum atomic E-state index is 0.208. The van der Waals surface area contributed by atoms with E-state index < -0.39 is 0 Å². The Balaban J connectivity index is 2.43. The second-order valence-electron chi connectivity index (χ2n) is 4.95. The van der Waals surface area contributed by atoms with E-state index in [0.29, 0.717) is 0 Å². The molecule has 0 bridgehead atoms. The van der Waals surface area contributed by atoms with Gasteiger partial charge in [0.2, 0.25) is 0 Å². The lowest BCUT2D eigenvalue weighted by Crippen LogP contribution is -2.19. The van der Waals surface area contributed by atoms with Gasteiger partial charge >= 0.3 is 0 Å². The Morgan fingerprint density at radius 3 is 2.58 bits per heavy atom. The molecule has 1 aromatic heterocycles. The second kappa shape index (κ2) is 5.98. The van der Waals surface area contributed by atoms with Crippen molar-refractivity contribution in [1.29, 1.82) is 0 Å². The molecule has 0 amide bonds. The normalized spacial score (nSPS) is 12.4. The second-order valence-corrected chi connectivity index (χ2v) is 4.95.